The van der Waals surface area contributed by atoms with Gasteiger partial charge in [-0.25, -0.2) is 23.1 Å². The summed E-state index contributed by atoms with van der Waals surface area (Å²) in [5.74, 6) is 1.08. The van der Waals surface area contributed by atoms with Gasteiger partial charge in [-0.3, -0.25) is 4.79 Å². The Morgan fingerprint density at radius 1 is 1.03 bits per heavy atom. The number of halogens is 1. The first-order chi connectivity index (χ1) is 14.3. The highest BCUT2D eigenvalue weighted by molar-refractivity contribution is 7.92. The van der Waals surface area contributed by atoms with Gasteiger partial charge in [0.05, 0.1) is 10.3 Å². The number of carbonyl (C=O) groups is 1. The van der Waals surface area contributed by atoms with E-state index in [-0.39, 0.29) is 21.6 Å². The first kappa shape index (κ1) is 19.8. The molecule has 9 heteroatoms. The van der Waals surface area contributed by atoms with Crippen molar-refractivity contribution in [1.29, 1.82) is 0 Å². The van der Waals surface area contributed by atoms with Crippen LogP contribution in [0.3, 0.4) is 0 Å². The number of hydrogen-bond donors (Lipinski definition) is 2. The van der Waals surface area contributed by atoms with E-state index in [1.807, 2.05) is 0 Å². The van der Waals surface area contributed by atoms with Gasteiger partial charge >= 0.3 is 0 Å². The molecule has 0 radical (unpaired) electrons. The molecule has 0 aliphatic heterocycles. The van der Waals surface area contributed by atoms with E-state index in [9.17, 15) is 13.2 Å². The molecule has 158 valence electrons. The standard InChI is InChI=1S/C21H23ClN4O3S/c22-21-11-14-8-15(12-21)10-20(9-14,13-21)18(27)25-16-2-4-17(5-3-16)30(28,29)26-19-23-6-1-7-24-19/h1-7,14-15H,8-13H2,(H,25,27)(H,23,24,26)/t14-,15-,20?,21?/m0/s1. The van der Waals surface area contributed by atoms with Crippen LogP contribution in [0.15, 0.2) is 47.6 Å². The van der Waals surface area contributed by atoms with Crippen molar-refractivity contribution in [2.45, 2.75) is 48.3 Å². The molecule has 4 saturated carbocycles. The minimum Gasteiger partial charge on any atom is -0.326 e. The Balaban J connectivity index is 1.30. The number of carbonyl (C=O) groups excluding carboxylic acids is 1. The molecule has 4 aliphatic carbocycles. The molecule has 4 bridgehead atoms. The second-order valence-corrected chi connectivity index (χ2v) is 11.5. The topological polar surface area (TPSA) is 101 Å². The van der Waals surface area contributed by atoms with Crippen LogP contribution in [0.25, 0.3) is 0 Å². The van der Waals surface area contributed by atoms with Crippen LogP contribution in [-0.4, -0.2) is 29.2 Å². The molecular formula is C21H23ClN4O3S. The van der Waals surface area contributed by atoms with Crippen molar-refractivity contribution in [3.8, 4) is 0 Å². The van der Waals surface area contributed by atoms with Gasteiger partial charge in [0.15, 0.2) is 0 Å². The zero-order chi connectivity index (χ0) is 21.0. The summed E-state index contributed by atoms with van der Waals surface area (Å²) in [6.45, 7) is 0. The molecule has 4 aliphatic rings. The monoisotopic (exact) mass is 446 g/mol. The minimum atomic E-state index is -3.81. The fraction of sp³-hybridized carbons (Fsp3) is 0.476. The lowest BCUT2D eigenvalue weighted by Crippen LogP contribution is -2.57. The Morgan fingerprint density at radius 3 is 2.27 bits per heavy atom. The SMILES string of the molecule is O=C(Nc1ccc(S(=O)(=O)Nc2ncccn2)cc1)C12C[C@@H]3C[C@H](CC(Cl)(C3)C1)C2. The number of alkyl halides is 1. The summed E-state index contributed by atoms with van der Waals surface area (Å²) in [7, 11) is -3.81. The Hall–Kier alpha value is -2.19. The average Bonchev–Trinajstić information content (AvgIpc) is 2.67. The van der Waals surface area contributed by atoms with Crippen molar-refractivity contribution >= 4 is 39.2 Å². The van der Waals surface area contributed by atoms with Crippen LogP contribution in [0.4, 0.5) is 11.6 Å². The zero-order valence-electron chi connectivity index (χ0n) is 16.3. The molecule has 6 rings (SSSR count). The fourth-order valence-corrected chi connectivity index (χ4v) is 7.58. The average molecular weight is 447 g/mol. The van der Waals surface area contributed by atoms with E-state index < -0.39 is 15.4 Å². The molecule has 7 nitrogen and oxygen atoms in total. The molecule has 0 spiro atoms. The normalized spacial score (nSPS) is 32.0. The summed E-state index contributed by atoms with van der Waals surface area (Å²) in [6.07, 6.45) is 8.67. The molecule has 1 aromatic heterocycles. The van der Waals surface area contributed by atoms with Gasteiger partial charge in [0.2, 0.25) is 11.9 Å². The first-order valence-electron chi connectivity index (χ1n) is 10.2. The molecule has 1 amide bonds. The molecule has 4 fully saturated rings. The van der Waals surface area contributed by atoms with E-state index in [1.165, 1.54) is 30.9 Å². The predicted molar refractivity (Wildman–Crippen MR) is 114 cm³/mol. The van der Waals surface area contributed by atoms with E-state index >= 15 is 0 Å². The van der Waals surface area contributed by atoms with Crippen LogP contribution in [0.1, 0.15) is 38.5 Å². The van der Waals surface area contributed by atoms with Crippen molar-refractivity contribution < 1.29 is 13.2 Å². The van der Waals surface area contributed by atoms with Crippen LogP contribution in [0.5, 0.6) is 0 Å². The molecule has 2 atom stereocenters. The number of nitrogens with one attached hydrogen (secondary N) is 2. The van der Waals surface area contributed by atoms with Gasteiger partial charge in [-0.2, -0.15) is 0 Å². The van der Waals surface area contributed by atoms with E-state index in [4.69, 9.17) is 11.6 Å². The van der Waals surface area contributed by atoms with Crippen molar-refractivity contribution in [1.82, 2.24) is 9.97 Å². The van der Waals surface area contributed by atoms with Crippen LogP contribution in [0, 0.1) is 17.3 Å². The number of anilines is 2. The van der Waals surface area contributed by atoms with Crippen LogP contribution >= 0.6 is 11.6 Å². The molecule has 2 N–H and O–H groups in total. The molecule has 2 aromatic rings. The van der Waals surface area contributed by atoms with Crippen molar-refractivity contribution in [2.75, 3.05) is 10.0 Å². The summed E-state index contributed by atoms with van der Waals surface area (Å²) in [5.41, 5.74) is 0.178. The van der Waals surface area contributed by atoms with Crippen LogP contribution in [-0.2, 0) is 14.8 Å². The predicted octanol–water partition coefficient (Wildman–Crippen LogP) is 3.79. The maximum absolute atomic E-state index is 13.2. The second kappa shape index (κ2) is 6.92. The largest absolute Gasteiger partial charge is 0.326 e. The quantitative estimate of drug-likeness (QED) is 0.680. The highest BCUT2D eigenvalue weighted by Gasteiger charge is 2.60. The van der Waals surface area contributed by atoms with Gasteiger partial charge < -0.3 is 5.32 Å². The van der Waals surface area contributed by atoms with Crippen LogP contribution < -0.4 is 10.0 Å². The van der Waals surface area contributed by atoms with Crippen molar-refractivity contribution in [3.05, 3.63) is 42.7 Å². The third kappa shape index (κ3) is 3.56. The molecule has 0 unspecified atom stereocenters. The minimum absolute atomic E-state index is 0.00620. The molecule has 30 heavy (non-hydrogen) atoms. The lowest BCUT2D eigenvalue weighted by molar-refractivity contribution is -0.138. The van der Waals surface area contributed by atoms with Crippen molar-refractivity contribution in [3.63, 3.8) is 0 Å². The lowest BCUT2D eigenvalue weighted by atomic mass is 9.49. The smallest absolute Gasteiger partial charge is 0.264 e. The summed E-state index contributed by atoms with van der Waals surface area (Å²) in [6, 6.07) is 7.74. The molecule has 1 heterocycles. The van der Waals surface area contributed by atoms with Gasteiger partial charge in [-0.15, -0.1) is 11.6 Å². The van der Waals surface area contributed by atoms with Gasteiger partial charge in [0, 0.05) is 23.0 Å². The number of nitrogens with zero attached hydrogens (tertiary/aromatic N) is 2. The number of rotatable bonds is 5. The van der Waals surface area contributed by atoms with Gasteiger partial charge in [-0.1, -0.05) is 0 Å². The van der Waals surface area contributed by atoms with E-state index in [0.717, 1.165) is 32.1 Å². The van der Waals surface area contributed by atoms with Gasteiger partial charge in [-0.05, 0) is 80.7 Å². The highest BCUT2D eigenvalue weighted by atomic mass is 35.5. The van der Waals surface area contributed by atoms with Crippen molar-refractivity contribution in [2.24, 2.45) is 17.3 Å². The third-order valence-corrected chi connectivity index (χ3v) is 8.47. The summed E-state index contributed by atoms with van der Waals surface area (Å²) in [4.78, 5) is 20.8. The Morgan fingerprint density at radius 2 is 1.67 bits per heavy atom. The fourth-order valence-electron chi connectivity index (χ4n) is 5.93. The maximum Gasteiger partial charge on any atom is 0.264 e. The second-order valence-electron chi connectivity index (χ2n) is 9.05. The number of aromatic nitrogens is 2. The van der Waals surface area contributed by atoms with E-state index in [2.05, 4.69) is 20.0 Å². The van der Waals surface area contributed by atoms with E-state index in [0.29, 0.717) is 17.5 Å². The van der Waals surface area contributed by atoms with E-state index in [1.54, 1.807) is 18.2 Å². The van der Waals surface area contributed by atoms with Crippen LogP contribution in [0.2, 0.25) is 0 Å². The Labute approximate surface area is 180 Å². The van der Waals surface area contributed by atoms with Gasteiger partial charge in [0.25, 0.3) is 10.0 Å². The summed E-state index contributed by atoms with van der Waals surface area (Å²) in [5, 5.41) is 3.01. The summed E-state index contributed by atoms with van der Waals surface area (Å²) >= 11 is 6.84. The first-order valence-corrected chi connectivity index (χ1v) is 12.0. The zero-order valence-corrected chi connectivity index (χ0v) is 17.9. The Bertz CT molecular complexity index is 1060. The summed E-state index contributed by atoms with van der Waals surface area (Å²) < 4.78 is 27.3. The third-order valence-electron chi connectivity index (χ3n) is 6.69. The molecule has 0 saturated heterocycles. The number of benzene rings is 1. The Kier molecular flexibility index (Phi) is 4.56. The molecular weight excluding hydrogens is 424 g/mol. The lowest BCUT2D eigenvalue weighted by Gasteiger charge is -2.59. The van der Waals surface area contributed by atoms with Gasteiger partial charge in [0.1, 0.15) is 0 Å². The number of amides is 1. The number of hydrogen-bond acceptors (Lipinski definition) is 5. The number of sulfonamides is 1. The highest BCUT2D eigenvalue weighted by Crippen LogP contribution is 2.64. The maximum atomic E-state index is 13.2. The molecule has 1 aromatic carbocycles.